The number of hydrogen-bond acceptors (Lipinski definition) is 28. The smallest absolute Gasteiger partial charge is 0.305 e. The number of aliphatic imine (C=N–C) groups is 3. The first-order valence-electron chi connectivity index (χ1n) is 50.3. The number of amides is 16. The molecule has 0 spiro atoms. The molecule has 16 amide bonds. The van der Waals surface area contributed by atoms with Crippen LogP contribution in [-0.4, -0.2) is 296 Å². The number of primary amides is 2. The number of aliphatic carboxylic acids is 2. The first-order valence-corrected chi connectivity index (χ1v) is 52.6. The van der Waals surface area contributed by atoms with E-state index in [0.717, 1.165) is 94.2 Å². The molecule has 0 aromatic heterocycles. The number of nitrogens with one attached hydrogen (secondary N) is 14. The van der Waals surface area contributed by atoms with Crippen LogP contribution in [0.2, 0.25) is 0 Å². The topological polar surface area (TPSA) is 891 Å². The maximum absolute atomic E-state index is 14.9. The number of carboxylic acids is 2. The van der Waals surface area contributed by atoms with Gasteiger partial charge in [-0.05, 0) is 161 Å². The van der Waals surface area contributed by atoms with Crippen molar-refractivity contribution >= 4 is 148 Å². The number of thioether (sulfide) groups is 2. The van der Waals surface area contributed by atoms with Crippen molar-refractivity contribution in [3.63, 3.8) is 0 Å². The number of carboxylic acid groups (broad SMARTS) is 2. The zero-order valence-corrected chi connectivity index (χ0v) is 85.6. The minimum atomic E-state index is -2.05. The van der Waals surface area contributed by atoms with Gasteiger partial charge in [-0.15, -0.1) is 23.5 Å². The second-order valence-corrected chi connectivity index (χ2v) is 37.3. The summed E-state index contributed by atoms with van der Waals surface area (Å²) in [6, 6.07) is -19.1. The number of guanidine groups is 3. The maximum Gasteiger partial charge on any atom is 0.305 e. The Kier molecular flexibility index (Phi) is 76.6. The van der Waals surface area contributed by atoms with E-state index in [2.05, 4.69) is 103 Å². The van der Waals surface area contributed by atoms with Crippen LogP contribution >= 0.6 is 23.5 Å². The van der Waals surface area contributed by atoms with E-state index in [4.69, 9.17) is 74.5 Å². The summed E-state index contributed by atoms with van der Waals surface area (Å²) >= 11 is 1.85. The van der Waals surface area contributed by atoms with Crippen molar-refractivity contribution in [3.8, 4) is 0 Å². The van der Waals surface area contributed by atoms with Crippen LogP contribution in [0.1, 0.15) is 284 Å². The molecule has 143 heavy (non-hydrogen) atoms. The molecule has 0 aromatic rings. The largest absolute Gasteiger partial charge is 0.481 e. The van der Waals surface area contributed by atoms with E-state index >= 15 is 0 Å². The first-order chi connectivity index (χ1) is 68.3. The van der Waals surface area contributed by atoms with E-state index < -0.39 is 192 Å². The molecule has 0 saturated heterocycles. The van der Waals surface area contributed by atoms with Crippen LogP contribution in [-0.2, 0) is 86.3 Å². The number of rotatable bonds is 90. The molecule has 818 valence electrons. The Hall–Kier alpha value is -11.2. The summed E-state index contributed by atoms with van der Waals surface area (Å²) in [6.07, 6.45) is 19.7. The van der Waals surface area contributed by atoms with Crippen molar-refractivity contribution in [2.75, 3.05) is 88.5 Å². The van der Waals surface area contributed by atoms with E-state index in [1.807, 2.05) is 0 Å². The Morgan fingerprint density at radius 1 is 0.273 bits per heavy atom. The highest BCUT2D eigenvalue weighted by atomic mass is 32.2. The molecule has 0 fully saturated rings. The Balaban J connectivity index is 7.59. The van der Waals surface area contributed by atoms with E-state index in [1.54, 1.807) is 0 Å². The second-order valence-electron chi connectivity index (χ2n) is 35.2. The number of hydrogen-bond donors (Lipinski definition) is 29. The molecule has 42 N–H and O–H groups in total. The molecule has 0 unspecified atom stereocenters. The molecule has 0 aliphatic heterocycles. The van der Waals surface area contributed by atoms with Crippen LogP contribution in [0.25, 0.3) is 0 Å². The normalized spacial score (nSPS) is 13.5. The summed E-state index contributed by atoms with van der Waals surface area (Å²) in [7, 11) is 0. The predicted molar refractivity (Wildman–Crippen MR) is 550 cm³/mol. The van der Waals surface area contributed by atoms with Crippen LogP contribution in [0, 0.1) is 0 Å². The summed E-state index contributed by atoms with van der Waals surface area (Å²) in [6.45, 7) is 4.50. The van der Waals surface area contributed by atoms with Crippen molar-refractivity contribution in [1.29, 1.82) is 0 Å². The molecule has 52 heteroatoms. The number of nitrogens with two attached hydrogens (primary N) is 13. The van der Waals surface area contributed by atoms with Crippen molar-refractivity contribution in [1.82, 2.24) is 74.4 Å². The number of unbranched alkanes of at least 4 members (excludes halogenated alkanes) is 22. The fraction of sp³-hybridized carbons (Fsp3) is 0.769. The molecule has 0 heterocycles. The van der Waals surface area contributed by atoms with Crippen LogP contribution in [0.3, 0.4) is 0 Å². The number of carbonyl (C=O) groups is 18. The molecule has 0 aliphatic carbocycles. The van der Waals surface area contributed by atoms with Gasteiger partial charge in [0, 0.05) is 50.7 Å². The molecular formula is C91H172N30O20S2. The zero-order valence-electron chi connectivity index (χ0n) is 83.9. The average molecular weight is 2070 g/mol. The lowest BCUT2D eigenvalue weighted by molar-refractivity contribution is -0.142. The van der Waals surface area contributed by atoms with Gasteiger partial charge in [-0.1, -0.05) is 129 Å². The highest BCUT2D eigenvalue weighted by molar-refractivity contribution is 8.00. The summed E-state index contributed by atoms with van der Waals surface area (Å²) in [5.74, 6) is -20.1. The maximum atomic E-state index is 14.9. The number of nitrogens with zero attached hydrogens (tertiary/aromatic N) is 3. The van der Waals surface area contributed by atoms with E-state index in [-0.39, 0.29) is 208 Å². The quantitative estimate of drug-likeness (QED) is 0.0156. The van der Waals surface area contributed by atoms with Gasteiger partial charge in [0.15, 0.2) is 17.9 Å². The standard InChI is InChI=1S/C91H172N30O20S2/c1-3-5-7-9-11-13-15-17-19-29-47-105-73(124)57-142-55-69(77(98)130)121-87(140)68(53-76(128)129)120-84(137)63(36-23-27-45-94)117-86(139)67(52-75(126)127)119-85(138)64(37-24-28-46-95)118-88(141)70(56-143-58-74(125)106-48-30-20-18-16-14-12-10-8-6-4-2)111-72(123)54-110-79(132)60(38-31-49-107-89(99)100)113-80(133)61(34-21-25-43-92)114-81(134)62(35-22-26-44-93)115-83(136)66(40-33-51-109-91(103)104)116-82(135)65(39-32-50-108-90(101)102)112-78(131)59(96)41-42-71(97)122/h59-70H,3-58,92-96H2,1-2H3,(H2,97,122)(H2,98,130)(H,105,124)(H,106,125)(H,110,132)(H,111,123)(H,112,131)(H,113,133)(H,114,134)(H,115,136)(H,116,135)(H,117,139)(H,118,141)(H,119,138)(H,120,137)(H,121,140)(H,126,127)(H,128,129)(H4,99,100,107)(H4,101,102,108)(H4,103,104,109)/t59-,60-,61-,62-,63-,64-,65-,66-,67-,68-,69-,70-/m0/s1. The van der Waals surface area contributed by atoms with Crippen LogP contribution in [0.5, 0.6) is 0 Å². The van der Waals surface area contributed by atoms with Crippen molar-refractivity contribution in [2.45, 2.75) is 356 Å². The molecule has 0 bridgehead atoms. The molecule has 50 nitrogen and oxygen atoms in total. The van der Waals surface area contributed by atoms with Gasteiger partial charge in [-0.3, -0.25) is 101 Å². The lowest BCUT2D eigenvalue weighted by Gasteiger charge is -2.28. The summed E-state index contributed by atoms with van der Waals surface area (Å²) < 4.78 is 0. The minimum Gasteiger partial charge on any atom is -0.481 e. The van der Waals surface area contributed by atoms with Crippen LogP contribution in [0.15, 0.2) is 15.0 Å². The predicted octanol–water partition coefficient (Wildman–Crippen LogP) is -4.32. The summed E-state index contributed by atoms with van der Waals surface area (Å²) in [5.41, 5.74) is 73.9. The Bertz CT molecular complexity index is 3890. The Labute approximate surface area is 848 Å². The zero-order chi connectivity index (χ0) is 107. The van der Waals surface area contributed by atoms with Crippen molar-refractivity contribution < 1.29 is 96.5 Å². The van der Waals surface area contributed by atoms with Gasteiger partial charge in [0.2, 0.25) is 94.5 Å². The lowest BCUT2D eigenvalue weighted by atomic mass is 10.0. The monoisotopic (exact) mass is 2070 g/mol. The lowest BCUT2D eigenvalue weighted by Crippen LogP contribution is -2.60. The van der Waals surface area contributed by atoms with Crippen LogP contribution in [0.4, 0.5) is 0 Å². The average Bonchev–Trinajstić information content (AvgIpc) is 0.859. The molecule has 0 radical (unpaired) electrons. The summed E-state index contributed by atoms with van der Waals surface area (Å²) in [5, 5.41) is 55.9. The fourth-order valence-electron chi connectivity index (χ4n) is 14.5. The fourth-order valence-corrected chi connectivity index (χ4v) is 16.3. The van der Waals surface area contributed by atoms with E-state index in [1.165, 1.54) is 51.4 Å². The summed E-state index contributed by atoms with van der Waals surface area (Å²) in [4.78, 5) is 260. The Morgan fingerprint density at radius 2 is 0.531 bits per heavy atom. The van der Waals surface area contributed by atoms with Gasteiger partial charge < -0.3 is 159 Å². The Morgan fingerprint density at radius 3 is 0.818 bits per heavy atom. The molecule has 0 saturated carbocycles. The van der Waals surface area contributed by atoms with E-state index in [9.17, 15) is 96.5 Å². The van der Waals surface area contributed by atoms with Crippen molar-refractivity contribution in [2.24, 2.45) is 89.5 Å². The third-order valence-electron chi connectivity index (χ3n) is 22.6. The van der Waals surface area contributed by atoms with Crippen molar-refractivity contribution in [3.05, 3.63) is 0 Å². The third-order valence-corrected chi connectivity index (χ3v) is 24.7. The highest BCUT2D eigenvalue weighted by Crippen LogP contribution is 2.18. The molecule has 0 aliphatic rings. The third kappa shape index (κ3) is 68.6. The molecule has 12 atom stereocenters. The van der Waals surface area contributed by atoms with E-state index in [0.29, 0.717) is 32.4 Å². The van der Waals surface area contributed by atoms with Gasteiger partial charge in [-0.2, -0.15) is 0 Å². The molecular weight excluding hydrogens is 1900 g/mol. The molecule has 0 aromatic carbocycles. The first kappa shape index (κ1) is 132. The SMILES string of the molecule is CCCCCCCCCCCCNC(=O)CSC[C@H](NC(=O)[C@H](CC(=O)O)NC(=O)[C@H](CCCCN)NC(=O)[C@H](CC(=O)O)NC(=O)[C@H](CCCCN)NC(=O)[C@H](CSCC(=O)NCCCCCCCCCCCC)NC(=O)CNC(=O)[C@H](CCCN=C(N)N)NC(=O)[C@H](CCCCN)NC(=O)[C@H](CCCCN)NC(=O)[C@H](CCCN=C(N)N)NC(=O)[C@H](CCCN=C(N)N)NC(=O)[C@@H](N)CCC(N)=O)C(N)=O. The van der Waals surface area contributed by atoms with Gasteiger partial charge in [-0.25, -0.2) is 0 Å². The number of carbonyl (C=O) groups excluding carboxylic acids is 16. The molecule has 0 rings (SSSR count). The van der Waals surface area contributed by atoms with Crippen LogP contribution < -0.4 is 149 Å². The van der Waals surface area contributed by atoms with Gasteiger partial charge in [0.25, 0.3) is 0 Å². The van der Waals surface area contributed by atoms with Gasteiger partial charge in [0.05, 0.1) is 36.9 Å². The van der Waals surface area contributed by atoms with Gasteiger partial charge >= 0.3 is 11.9 Å². The van der Waals surface area contributed by atoms with Gasteiger partial charge in [0.1, 0.15) is 66.5 Å². The second kappa shape index (κ2) is 83.1. The highest BCUT2D eigenvalue weighted by Gasteiger charge is 2.38. The minimum absolute atomic E-state index is 0.00717.